The molecule has 2 nitrogen and oxygen atoms in total. The summed E-state index contributed by atoms with van der Waals surface area (Å²) in [5.74, 6) is 1.95. The highest BCUT2D eigenvalue weighted by Crippen LogP contribution is 2.25. The number of nitrogens with zero attached hydrogens (tertiary/aromatic N) is 1. The molecule has 14 heavy (non-hydrogen) atoms. The van der Waals surface area contributed by atoms with Crippen molar-refractivity contribution in [3.8, 4) is 0 Å². The van der Waals surface area contributed by atoms with E-state index in [1.54, 1.807) is 0 Å². The maximum Gasteiger partial charge on any atom is 0.225 e. The summed E-state index contributed by atoms with van der Waals surface area (Å²) in [7, 11) is 0. The first kappa shape index (κ1) is 11.5. The summed E-state index contributed by atoms with van der Waals surface area (Å²) in [5.41, 5.74) is 0. The van der Waals surface area contributed by atoms with Gasteiger partial charge in [0.1, 0.15) is 0 Å². The Balaban J connectivity index is 2.43. The van der Waals surface area contributed by atoms with Crippen LogP contribution in [0, 0.1) is 17.8 Å². The molecule has 1 amide bonds. The number of rotatable bonds is 4. The number of carbonyl (C=O) groups excluding carboxylic acids is 1. The quantitative estimate of drug-likeness (QED) is 0.678. The molecule has 0 aliphatic carbocycles. The fourth-order valence-corrected chi connectivity index (χ4v) is 2.21. The molecule has 0 saturated carbocycles. The molecule has 0 radical (unpaired) electrons. The van der Waals surface area contributed by atoms with Gasteiger partial charge in [0.2, 0.25) is 5.91 Å². The van der Waals surface area contributed by atoms with Crippen LogP contribution in [0.2, 0.25) is 0 Å². The summed E-state index contributed by atoms with van der Waals surface area (Å²) in [6, 6.07) is 0. The number of hydrogen-bond donors (Lipinski definition) is 0. The Hall–Kier alpha value is -0.530. The van der Waals surface area contributed by atoms with Crippen molar-refractivity contribution in [1.82, 2.24) is 4.90 Å². The van der Waals surface area contributed by atoms with Crippen LogP contribution in [0.5, 0.6) is 0 Å². The summed E-state index contributed by atoms with van der Waals surface area (Å²) in [5, 5.41) is 0. The zero-order valence-corrected chi connectivity index (χ0v) is 9.92. The van der Waals surface area contributed by atoms with Crippen molar-refractivity contribution in [1.29, 1.82) is 0 Å². The van der Waals surface area contributed by atoms with Gasteiger partial charge in [-0.25, -0.2) is 0 Å². The molecule has 1 aliphatic heterocycles. The van der Waals surface area contributed by atoms with E-state index in [4.69, 9.17) is 0 Å². The van der Waals surface area contributed by atoms with E-state index in [1.165, 1.54) is 0 Å². The second-order valence-electron chi connectivity index (χ2n) is 5.29. The van der Waals surface area contributed by atoms with Gasteiger partial charge in [-0.15, -0.1) is 0 Å². The van der Waals surface area contributed by atoms with Crippen LogP contribution in [0.1, 0.15) is 40.5 Å². The van der Waals surface area contributed by atoms with Crippen molar-refractivity contribution in [2.45, 2.75) is 40.5 Å². The minimum atomic E-state index is 0.314. The lowest BCUT2D eigenvalue weighted by molar-refractivity contribution is -0.131. The van der Waals surface area contributed by atoms with E-state index in [1.807, 2.05) is 4.90 Å². The fraction of sp³-hybridized carbons (Fsp3) is 0.917. The van der Waals surface area contributed by atoms with Gasteiger partial charge < -0.3 is 4.90 Å². The summed E-state index contributed by atoms with van der Waals surface area (Å²) < 4.78 is 0. The summed E-state index contributed by atoms with van der Waals surface area (Å²) in [6.45, 7) is 10.6. The Labute approximate surface area is 87.7 Å². The normalized spacial score (nSPS) is 22.9. The van der Waals surface area contributed by atoms with Gasteiger partial charge in [0.05, 0.1) is 0 Å². The fourth-order valence-electron chi connectivity index (χ4n) is 2.21. The van der Waals surface area contributed by atoms with Gasteiger partial charge in [-0.05, 0) is 24.7 Å². The zero-order valence-electron chi connectivity index (χ0n) is 9.92. The van der Waals surface area contributed by atoms with Gasteiger partial charge in [-0.3, -0.25) is 4.79 Å². The predicted molar refractivity (Wildman–Crippen MR) is 59.0 cm³/mol. The van der Waals surface area contributed by atoms with Crippen LogP contribution >= 0.6 is 0 Å². The third kappa shape index (κ3) is 3.00. The number of carbonyl (C=O) groups is 1. The number of likely N-dealkylation sites (tertiary alicyclic amines) is 1. The molecule has 0 N–H and O–H groups in total. The Morgan fingerprint density at radius 1 is 1.29 bits per heavy atom. The second kappa shape index (κ2) is 4.81. The van der Waals surface area contributed by atoms with Crippen molar-refractivity contribution in [3.05, 3.63) is 0 Å². The van der Waals surface area contributed by atoms with Crippen molar-refractivity contribution in [2.75, 3.05) is 13.1 Å². The summed E-state index contributed by atoms with van der Waals surface area (Å²) in [6.07, 6.45) is 2.14. The molecular formula is C12H23NO. The second-order valence-corrected chi connectivity index (χ2v) is 5.29. The van der Waals surface area contributed by atoms with Gasteiger partial charge in [0, 0.05) is 19.0 Å². The Kier molecular flexibility index (Phi) is 3.97. The predicted octanol–water partition coefficient (Wildman–Crippen LogP) is 2.54. The molecule has 0 bridgehead atoms. The van der Waals surface area contributed by atoms with Crippen LogP contribution in [0.4, 0.5) is 0 Å². The number of amides is 1. The third-order valence-electron chi connectivity index (χ3n) is 2.75. The monoisotopic (exact) mass is 197 g/mol. The highest BCUT2D eigenvalue weighted by Gasteiger charge is 2.31. The maximum absolute atomic E-state index is 11.9. The van der Waals surface area contributed by atoms with E-state index < -0.39 is 0 Å². The Morgan fingerprint density at radius 3 is 2.43 bits per heavy atom. The topological polar surface area (TPSA) is 20.3 Å². The molecule has 1 rings (SSSR count). The molecule has 0 aromatic heterocycles. The van der Waals surface area contributed by atoms with Crippen LogP contribution in [-0.4, -0.2) is 23.9 Å². The lowest BCUT2D eigenvalue weighted by atomic mass is 9.96. The molecule has 1 heterocycles. The molecule has 1 fully saturated rings. The lowest BCUT2D eigenvalue weighted by Crippen LogP contribution is -2.31. The van der Waals surface area contributed by atoms with Gasteiger partial charge in [0.25, 0.3) is 0 Å². The first-order valence-corrected chi connectivity index (χ1v) is 5.79. The van der Waals surface area contributed by atoms with Gasteiger partial charge in [-0.1, -0.05) is 27.7 Å². The molecule has 0 aromatic rings. The molecule has 1 saturated heterocycles. The van der Waals surface area contributed by atoms with E-state index in [-0.39, 0.29) is 0 Å². The Morgan fingerprint density at radius 2 is 1.93 bits per heavy atom. The van der Waals surface area contributed by atoms with E-state index in [9.17, 15) is 4.79 Å². The van der Waals surface area contributed by atoms with Crippen LogP contribution < -0.4 is 0 Å². The molecular weight excluding hydrogens is 174 g/mol. The highest BCUT2D eigenvalue weighted by molar-refractivity contribution is 5.80. The van der Waals surface area contributed by atoms with Crippen molar-refractivity contribution in [3.63, 3.8) is 0 Å². The largest absolute Gasteiger partial charge is 0.342 e. The Bertz CT molecular complexity index is 178. The first-order chi connectivity index (χ1) is 6.50. The van der Waals surface area contributed by atoms with Crippen molar-refractivity contribution < 1.29 is 4.79 Å². The smallest absolute Gasteiger partial charge is 0.225 e. The van der Waals surface area contributed by atoms with Crippen molar-refractivity contribution >= 4 is 5.91 Å². The first-order valence-electron chi connectivity index (χ1n) is 5.79. The zero-order chi connectivity index (χ0) is 10.7. The van der Waals surface area contributed by atoms with Crippen LogP contribution in [-0.2, 0) is 4.79 Å². The number of hydrogen-bond acceptors (Lipinski definition) is 1. The molecule has 1 aliphatic rings. The van der Waals surface area contributed by atoms with Crippen LogP contribution in [0.3, 0.4) is 0 Å². The average molecular weight is 197 g/mol. The van der Waals surface area contributed by atoms with Crippen molar-refractivity contribution in [2.24, 2.45) is 17.8 Å². The van der Waals surface area contributed by atoms with Crippen LogP contribution in [0.25, 0.3) is 0 Å². The maximum atomic E-state index is 11.9. The van der Waals surface area contributed by atoms with Crippen LogP contribution in [0.15, 0.2) is 0 Å². The summed E-state index contributed by atoms with van der Waals surface area (Å²) in [4.78, 5) is 13.9. The third-order valence-corrected chi connectivity index (χ3v) is 2.75. The van der Waals surface area contributed by atoms with Gasteiger partial charge >= 0.3 is 0 Å². The van der Waals surface area contributed by atoms with E-state index in [0.29, 0.717) is 23.7 Å². The van der Waals surface area contributed by atoms with E-state index in [0.717, 1.165) is 25.9 Å². The molecule has 2 heteroatoms. The molecule has 0 aromatic carbocycles. The summed E-state index contributed by atoms with van der Waals surface area (Å²) >= 11 is 0. The minimum absolute atomic E-state index is 0.314. The highest BCUT2D eigenvalue weighted by atomic mass is 16.2. The lowest BCUT2D eigenvalue weighted by Gasteiger charge is -2.19. The molecule has 82 valence electrons. The standard InChI is InChI=1S/C12H23NO/c1-9(2)7-11-5-6-13(12(11)14)8-10(3)4/h9-11H,5-8H2,1-4H3. The average Bonchev–Trinajstić information content (AvgIpc) is 2.34. The molecule has 1 unspecified atom stereocenters. The van der Waals surface area contributed by atoms with Gasteiger partial charge in [-0.2, -0.15) is 0 Å². The minimum Gasteiger partial charge on any atom is -0.342 e. The van der Waals surface area contributed by atoms with Gasteiger partial charge in [0.15, 0.2) is 0 Å². The molecule has 1 atom stereocenters. The SMILES string of the molecule is CC(C)CC1CCN(CC(C)C)C1=O. The molecule has 0 spiro atoms. The van der Waals surface area contributed by atoms with E-state index >= 15 is 0 Å². The van der Waals surface area contributed by atoms with E-state index in [2.05, 4.69) is 27.7 Å².